The van der Waals surface area contributed by atoms with Crippen molar-refractivity contribution < 1.29 is 19.1 Å². The number of hydrazine groups is 1. The van der Waals surface area contributed by atoms with E-state index >= 15 is 0 Å². The molecule has 0 fully saturated rings. The second-order valence-electron chi connectivity index (χ2n) is 6.09. The van der Waals surface area contributed by atoms with E-state index < -0.39 is 11.8 Å². The van der Waals surface area contributed by atoms with Crippen LogP contribution < -0.4 is 26.2 Å². The van der Waals surface area contributed by atoms with E-state index in [0.29, 0.717) is 16.5 Å². The number of carbonyl (C=O) groups is 3. The minimum Gasteiger partial charge on any atom is -0.496 e. The van der Waals surface area contributed by atoms with Gasteiger partial charge in [0, 0.05) is 24.5 Å². The Labute approximate surface area is 190 Å². The van der Waals surface area contributed by atoms with Gasteiger partial charge in [0.1, 0.15) is 5.75 Å². The van der Waals surface area contributed by atoms with Gasteiger partial charge in [0.2, 0.25) is 17.7 Å². The average molecular weight is 461 g/mol. The van der Waals surface area contributed by atoms with Crippen LogP contribution in [0.25, 0.3) is 6.08 Å². The van der Waals surface area contributed by atoms with Crippen LogP contribution in [0.1, 0.15) is 18.4 Å². The molecule has 31 heavy (non-hydrogen) atoms. The standard InChI is InChI=1S/C21H21ClN4O4S/c1-30-17-9-5-2-6-14(17)10-11-19(28)24-21(31)26-25-20(29)13-12-18(27)23-16-8-4-3-7-15(16)22/h2-11H,12-13H2,1H3,(H,23,27)(H,25,29)(H2,24,26,28,31). The highest BCUT2D eigenvalue weighted by molar-refractivity contribution is 7.80. The number of benzene rings is 2. The van der Waals surface area contributed by atoms with Crippen molar-refractivity contribution in [1.29, 1.82) is 0 Å². The highest BCUT2D eigenvalue weighted by Crippen LogP contribution is 2.20. The number of methoxy groups -OCH3 is 1. The van der Waals surface area contributed by atoms with E-state index in [9.17, 15) is 14.4 Å². The monoisotopic (exact) mass is 460 g/mol. The smallest absolute Gasteiger partial charge is 0.250 e. The number of rotatable bonds is 7. The van der Waals surface area contributed by atoms with Crippen molar-refractivity contribution in [3.63, 3.8) is 0 Å². The molecule has 2 aromatic carbocycles. The molecular formula is C21H21ClN4O4S. The Bertz CT molecular complexity index is 997. The zero-order chi connectivity index (χ0) is 22.6. The summed E-state index contributed by atoms with van der Waals surface area (Å²) < 4.78 is 5.20. The molecule has 0 aliphatic heterocycles. The van der Waals surface area contributed by atoms with Gasteiger partial charge in [-0.2, -0.15) is 0 Å². The fraction of sp³-hybridized carbons (Fsp3) is 0.143. The molecule has 0 aromatic heterocycles. The molecule has 0 atom stereocenters. The van der Waals surface area contributed by atoms with Crippen molar-refractivity contribution >= 4 is 58.4 Å². The molecule has 0 saturated heterocycles. The second-order valence-corrected chi connectivity index (χ2v) is 6.91. The van der Waals surface area contributed by atoms with Gasteiger partial charge in [0.25, 0.3) is 0 Å². The SMILES string of the molecule is COc1ccccc1C=CC(=O)NC(=S)NNC(=O)CCC(=O)Nc1ccccc1Cl. The van der Waals surface area contributed by atoms with E-state index in [1.165, 1.54) is 13.2 Å². The minimum atomic E-state index is -0.489. The maximum atomic E-state index is 11.9. The number of carbonyl (C=O) groups excluding carboxylic acids is 3. The largest absolute Gasteiger partial charge is 0.496 e. The van der Waals surface area contributed by atoms with Crippen molar-refractivity contribution in [3.8, 4) is 5.75 Å². The van der Waals surface area contributed by atoms with Crippen LogP contribution >= 0.6 is 23.8 Å². The number of nitrogens with one attached hydrogen (secondary N) is 4. The third kappa shape index (κ3) is 8.45. The van der Waals surface area contributed by atoms with Crippen LogP contribution in [0.15, 0.2) is 54.6 Å². The molecule has 162 valence electrons. The molecule has 10 heteroatoms. The molecule has 0 bridgehead atoms. The average Bonchev–Trinajstić information content (AvgIpc) is 2.76. The zero-order valence-corrected chi connectivity index (χ0v) is 18.2. The van der Waals surface area contributed by atoms with E-state index in [2.05, 4.69) is 21.5 Å². The zero-order valence-electron chi connectivity index (χ0n) is 16.6. The normalized spacial score (nSPS) is 10.3. The number of hydrogen-bond acceptors (Lipinski definition) is 5. The summed E-state index contributed by atoms with van der Waals surface area (Å²) in [7, 11) is 1.54. The first-order valence-corrected chi connectivity index (χ1v) is 9.93. The summed E-state index contributed by atoms with van der Waals surface area (Å²) in [5.41, 5.74) is 5.92. The molecule has 8 nitrogen and oxygen atoms in total. The van der Waals surface area contributed by atoms with Crippen molar-refractivity contribution in [1.82, 2.24) is 16.2 Å². The highest BCUT2D eigenvalue weighted by atomic mass is 35.5. The van der Waals surface area contributed by atoms with Crippen LogP contribution in [0, 0.1) is 0 Å². The Morgan fingerprint density at radius 1 is 1.00 bits per heavy atom. The van der Waals surface area contributed by atoms with E-state index in [1.807, 2.05) is 12.1 Å². The van der Waals surface area contributed by atoms with Gasteiger partial charge in [-0.25, -0.2) is 0 Å². The van der Waals surface area contributed by atoms with Crippen LogP contribution in [0.4, 0.5) is 5.69 Å². The quantitative estimate of drug-likeness (QED) is 0.287. The minimum absolute atomic E-state index is 0.0560. The predicted molar refractivity (Wildman–Crippen MR) is 123 cm³/mol. The van der Waals surface area contributed by atoms with Crippen LogP contribution in [0.2, 0.25) is 5.02 Å². The van der Waals surface area contributed by atoms with E-state index in [4.69, 9.17) is 28.6 Å². The Morgan fingerprint density at radius 2 is 1.68 bits per heavy atom. The first-order valence-electron chi connectivity index (χ1n) is 9.14. The molecule has 3 amide bonds. The molecule has 0 aliphatic carbocycles. The first-order chi connectivity index (χ1) is 14.9. The van der Waals surface area contributed by atoms with Crippen LogP contribution in [-0.4, -0.2) is 29.9 Å². The van der Waals surface area contributed by atoms with Crippen LogP contribution in [0.5, 0.6) is 5.75 Å². The van der Waals surface area contributed by atoms with Gasteiger partial charge in [0.05, 0.1) is 17.8 Å². The van der Waals surface area contributed by atoms with Gasteiger partial charge in [-0.3, -0.25) is 30.6 Å². The Morgan fingerprint density at radius 3 is 2.42 bits per heavy atom. The number of thiocarbonyl (C=S) groups is 1. The number of anilines is 1. The van der Waals surface area contributed by atoms with Crippen molar-refractivity contribution in [3.05, 3.63) is 65.2 Å². The van der Waals surface area contributed by atoms with Crippen molar-refractivity contribution in [2.24, 2.45) is 0 Å². The maximum Gasteiger partial charge on any atom is 0.250 e. The molecule has 0 spiro atoms. The fourth-order valence-corrected chi connectivity index (χ4v) is 2.68. The van der Waals surface area contributed by atoms with E-state index in [0.717, 1.165) is 5.56 Å². The molecule has 0 heterocycles. The summed E-state index contributed by atoms with van der Waals surface area (Å²) in [4.78, 5) is 35.7. The molecule has 0 radical (unpaired) electrons. The van der Waals surface area contributed by atoms with E-state index in [-0.39, 0.29) is 23.9 Å². The summed E-state index contributed by atoms with van der Waals surface area (Å²) >= 11 is 10.9. The number of hydrogen-bond donors (Lipinski definition) is 4. The molecule has 0 aliphatic rings. The Hall–Kier alpha value is -3.43. The lowest BCUT2D eigenvalue weighted by Gasteiger charge is -2.10. The van der Waals surface area contributed by atoms with Crippen molar-refractivity contribution in [2.75, 3.05) is 12.4 Å². The van der Waals surface area contributed by atoms with E-state index in [1.54, 1.807) is 42.5 Å². The summed E-state index contributed by atoms with van der Waals surface area (Å²) in [6, 6.07) is 14.0. The van der Waals surface area contributed by atoms with Crippen LogP contribution in [0.3, 0.4) is 0 Å². The Kier molecular flexibility index (Phi) is 9.47. The lowest BCUT2D eigenvalue weighted by Crippen LogP contribution is -2.48. The van der Waals surface area contributed by atoms with Crippen LogP contribution in [-0.2, 0) is 14.4 Å². The molecule has 2 aromatic rings. The van der Waals surface area contributed by atoms with Gasteiger partial charge in [-0.15, -0.1) is 0 Å². The summed E-state index contributed by atoms with van der Waals surface area (Å²) in [6.07, 6.45) is 2.72. The van der Waals surface area contributed by atoms with Gasteiger partial charge >= 0.3 is 0 Å². The molecule has 0 unspecified atom stereocenters. The van der Waals surface area contributed by atoms with Crippen molar-refractivity contribution in [2.45, 2.75) is 12.8 Å². The lowest BCUT2D eigenvalue weighted by atomic mass is 10.2. The molecule has 4 N–H and O–H groups in total. The highest BCUT2D eigenvalue weighted by Gasteiger charge is 2.09. The number of para-hydroxylation sites is 2. The van der Waals surface area contributed by atoms with Gasteiger partial charge in [0.15, 0.2) is 5.11 Å². The first kappa shape index (κ1) is 23.8. The summed E-state index contributed by atoms with van der Waals surface area (Å²) in [5, 5.41) is 5.32. The molecular weight excluding hydrogens is 440 g/mol. The number of ether oxygens (including phenoxy) is 1. The van der Waals surface area contributed by atoms with Gasteiger partial charge < -0.3 is 10.1 Å². The number of amides is 3. The van der Waals surface area contributed by atoms with Gasteiger partial charge in [-0.1, -0.05) is 41.9 Å². The molecule has 0 saturated carbocycles. The third-order valence-corrected chi connectivity index (χ3v) is 4.37. The lowest BCUT2D eigenvalue weighted by molar-refractivity contribution is -0.124. The van der Waals surface area contributed by atoms with Gasteiger partial charge in [-0.05, 0) is 36.5 Å². The summed E-state index contributed by atoms with van der Waals surface area (Å²) in [5.74, 6) is -0.703. The maximum absolute atomic E-state index is 11.9. The third-order valence-electron chi connectivity index (χ3n) is 3.83. The molecule has 2 rings (SSSR count). The fourth-order valence-electron chi connectivity index (χ4n) is 2.35. The summed E-state index contributed by atoms with van der Waals surface area (Å²) in [6.45, 7) is 0. The number of halogens is 1. The second kappa shape index (κ2) is 12.3. The predicted octanol–water partition coefficient (Wildman–Crippen LogP) is 2.80. The Balaban J connectivity index is 1.70. The topological polar surface area (TPSA) is 109 Å².